The van der Waals surface area contributed by atoms with E-state index >= 15 is 0 Å². The first-order chi connectivity index (χ1) is 17.6. The highest BCUT2D eigenvalue weighted by Crippen LogP contribution is 2.31. The van der Waals surface area contributed by atoms with Crippen molar-refractivity contribution in [3.05, 3.63) is 47.8 Å². The van der Waals surface area contributed by atoms with Crippen LogP contribution in [-0.2, 0) is 12.1 Å². The van der Waals surface area contributed by atoms with E-state index in [1.807, 2.05) is 41.5 Å². The Labute approximate surface area is 219 Å². The van der Waals surface area contributed by atoms with Crippen LogP contribution in [0.25, 0.3) is 5.69 Å². The van der Waals surface area contributed by atoms with Crippen LogP contribution < -0.4 is 11.1 Å². The highest BCUT2D eigenvalue weighted by molar-refractivity contribution is 6.10. The van der Waals surface area contributed by atoms with Crippen molar-refractivity contribution < 1.29 is 5.11 Å². The van der Waals surface area contributed by atoms with Gasteiger partial charge in [0.2, 0.25) is 5.96 Å². The van der Waals surface area contributed by atoms with E-state index in [-0.39, 0.29) is 18.2 Å². The molecule has 2 aromatic rings. The molecule has 4 N–H and O–H groups in total. The zero-order chi connectivity index (χ0) is 26.4. The fraction of sp³-hybridized carbons (Fsp3) is 0.556. The number of hydrogen-bond acceptors (Lipinski definition) is 9. The van der Waals surface area contributed by atoms with Crippen LogP contribution in [0.2, 0.25) is 0 Å². The lowest BCUT2D eigenvalue weighted by atomic mass is 9.95. The third kappa shape index (κ3) is 4.93. The normalized spacial score (nSPS) is 24.5. The van der Waals surface area contributed by atoms with E-state index in [1.165, 1.54) is 0 Å². The number of nitrogens with one attached hydrogen (secondary N) is 1. The summed E-state index contributed by atoms with van der Waals surface area (Å²) < 4.78 is 1.82. The van der Waals surface area contributed by atoms with Crippen LogP contribution in [0, 0.1) is 0 Å². The number of fused-ring (bicyclic) bond motifs is 1. The van der Waals surface area contributed by atoms with Gasteiger partial charge in [0, 0.05) is 37.9 Å². The van der Waals surface area contributed by atoms with Gasteiger partial charge in [-0.15, -0.1) is 0 Å². The number of rotatable bonds is 6. The summed E-state index contributed by atoms with van der Waals surface area (Å²) in [6.45, 7) is 12.2. The molecule has 1 saturated heterocycles. The molecule has 5 rings (SSSR count). The van der Waals surface area contributed by atoms with E-state index in [0.717, 1.165) is 49.0 Å². The Morgan fingerprint density at radius 1 is 1.19 bits per heavy atom. The number of piperidine rings is 1. The number of para-hydroxylation sites is 1. The number of likely N-dealkylation sites (tertiary alicyclic amines) is 1. The molecule has 2 unspecified atom stereocenters. The van der Waals surface area contributed by atoms with Crippen molar-refractivity contribution in [1.29, 1.82) is 0 Å². The molecule has 0 aliphatic carbocycles. The molecule has 3 aliphatic heterocycles. The minimum absolute atomic E-state index is 0.240. The van der Waals surface area contributed by atoms with Crippen LogP contribution in [0.4, 0.5) is 0 Å². The van der Waals surface area contributed by atoms with Gasteiger partial charge in [0.1, 0.15) is 17.6 Å². The van der Waals surface area contributed by atoms with Crippen LogP contribution in [-0.4, -0.2) is 79.7 Å². The average molecular weight is 506 g/mol. The smallest absolute Gasteiger partial charge is 0.224 e. The first kappa shape index (κ1) is 25.6. The van der Waals surface area contributed by atoms with E-state index in [2.05, 4.69) is 47.1 Å². The summed E-state index contributed by atoms with van der Waals surface area (Å²) in [5.74, 6) is 1.68. The van der Waals surface area contributed by atoms with Crippen LogP contribution in [0.1, 0.15) is 58.7 Å². The van der Waals surface area contributed by atoms with E-state index < -0.39 is 11.1 Å². The Kier molecular flexibility index (Phi) is 6.68. The first-order valence-corrected chi connectivity index (χ1v) is 13.2. The van der Waals surface area contributed by atoms with Gasteiger partial charge < -0.3 is 20.6 Å². The lowest BCUT2D eigenvalue weighted by Crippen LogP contribution is -2.58. The lowest BCUT2D eigenvalue weighted by Gasteiger charge is -2.39. The predicted molar refractivity (Wildman–Crippen MR) is 147 cm³/mol. The third-order valence-electron chi connectivity index (χ3n) is 7.45. The molecule has 1 fully saturated rings. The molecule has 0 spiro atoms. The summed E-state index contributed by atoms with van der Waals surface area (Å²) >= 11 is 0. The Hall–Kier alpha value is -3.08. The third-order valence-corrected chi connectivity index (χ3v) is 7.45. The molecule has 3 aliphatic rings. The zero-order valence-electron chi connectivity index (χ0n) is 22.5. The van der Waals surface area contributed by atoms with Gasteiger partial charge in [0.05, 0.1) is 17.7 Å². The van der Waals surface area contributed by atoms with Gasteiger partial charge in [-0.05, 0) is 65.2 Å². The molecule has 2 atom stereocenters. The molecular weight excluding hydrogens is 466 g/mol. The van der Waals surface area contributed by atoms with Crippen LogP contribution in [0.15, 0.2) is 51.5 Å². The second-order valence-corrected chi connectivity index (χ2v) is 11.2. The van der Waals surface area contributed by atoms with Gasteiger partial charge in [-0.1, -0.05) is 18.2 Å². The molecule has 10 nitrogen and oxygen atoms in total. The molecule has 0 saturated carbocycles. The van der Waals surface area contributed by atoms with Crippen molar-refractivity contribution in [3.8, 4) is 5.69 Å². The lowest BCUT2D eigenvalue weighted by molar-refractivity contribution is 0.0734. The predicted octanol–water partition coefficient (Wildman–Crippen LogP) is 2.22. The average Bonchev–Trinajstić information content (AvgIpc) is 3.48. The standard InChI is InChI=1S/C27H39N9O/c1-18(2)35-17-30-27(5)23(31-25(32-24(27)35)34-13-10-20(28)11-14-34)29-16-19-8-6-7-9-21(19)36-15-12-22(33-36)26(3,4)37/h6-9,12,15,17-18,20,23,29,37H,10-11,13-14,16,28H2,1-5H3. The fourth-order valence-corrected chi connectivity index (χ4v) is 5.03. The zero-order valence-corrected chi connectivity index (χ0v) is 22.5. The van der Waals surface area contributed by atoms with E-state index in [0.29, 0.717) is 12.2 Å². The number of amidine groups is 1. The van der Waals surface area contributed by atoms with Gasteiger partial charge in [0.25, 0.3) is 0 Å². The van der Waals surface area contributed by atoms with E-state index in [4.69, 9.17) is 20.7 Å². The monoisotopic (exact) mass is 505 g/mol. The molecule has 0 amide bonds. The second kappa shape index (κ2) is 9.66. The molecular formula is C27H39N9O. The van der Waals surface area contributed by atoms with Crippen LogP contribution >= 0.6 is 0 Å². The summed E-state index contributed by atoms with van der Waals surface area (Å²) in [6.07, 6.45) is 5.38. The largest absolute Gasteiger partial charge is 0.384 e. The van der Waals surface area contributed by atoms with Gasteiger partial charge in [0.15, 0.2) is 5.54 Å². The molecule has 1 aromatic heterocycles. The number of hydrogen-bond donors (Lipinski definition) is 3. The number of aliphatic hydroxyl groups is 1. The van der Waals surface area contributed by atoms with Gasteiger partial charge in [-0.25, -0.2) is 9.67 Å². The SMILES string of the molecule is CC(C)N1C=NC2(C)C1=NC(N1CCC(N)CC1)=NC2NCc1ccccc1-n1ccc(C(C)(C)O)n1. The minimum Gasteiger partial charge on any atom is -0.384 e. The number of guanidine groups is 1. The number of nitrogens with zero attached hydrogens (tertiary/aromatic N) is 7. The maximum absolute atomic E-state index is 10.4. The van der Waals surface area contributed by atoms with Crippen molar-refractivity contribution in [2.24, 2.45) is 20.7 Å². The first-order valence-electron chi connectivity index (χ1n) is 13.2. The number of aromatic nitrogens is 2. The van der Waals surface area contributed by atoms with E-state index in [1.54, 1.807) is 13.8 Å². The Morgan fingerprint density at radius 2 is 1.92 bits per heavy atom. The van der Waals surface area contributed by atoms with Gasteiger partial charge in [-0.2, -0.15) is 10.1 Å². The Bertz CT molecular complexity index is 1220. The minimum atomic E-state index is -1.00. The van der Waals surface area contributed by atoms with Crippen LogP contribution in [0.3, 0.4) is 0 Å². The maximum atomic E-state index is 10.4. The van der Waals surface area contributed by atoms with E-state index in [9.17, 15) is 5.11 Å². The van der Waals surface area contributed by atoms with Crippen molar-refractivity contribution in [3.63, 3.8) is 0 Å². The molecule has 10 heteroatoms. The topological polar surface area (TPSA) is 120 Å². The summed E-state index contributed by atoms with van der Waals surface area (Å²) in [5, 5.41) is 18.7. The van der Waals surface area contributed by atoms with Gasteiger partial charge in [-0.3, -0.25) is 10.3 Å². The molecule has 1 aromatic carbocycles. The Balaban J connectivity index is 1.42. The van der Waals surface area contributed by atoms with Crippen LogP contribution in [0.5, 0.6) is 0 Å². The number of aliphatic imine (C=N–C) groups is 3. The number of nitrogens with two attached hydrogens (primary N) is 1. The Morgan fingerprint density at radius 3 is 2.59 bits per heavy atom. The number of benzene rings is 1. The molecule has 4 heterocycles. The highest BCUT2D eigenvalue weighted by Gasteiger charge is 2.48. The van der Waals surface area contributed by atoms with Crippen molar-refractivity contribution in [2.45, 2.75) is 83.4 Å². The van der Waals surface area contributed by atoms with Crippen molar-refractivity contribution in [1.82, 2.24) is 24.9 Å². The van der Waals surface area contributed by atoms with Crippen molar-refractivity contribution >= 4 is 18.1 Å². The molecule has 0 bridgehead atoms. The summed E-state index contributed by atoms with van der Waals surface area (Å²) in [7, 11) is 0. The summed E-state index contributed by atoms with van der Waals surface area (Å²) in [4.78, 5) is 19.4. The summed E-state index contributed by atoms with van der Waals surface area (Å²) in [6, 6.07) is 10.5. The quantitative estimate of drug-likeness (QED) is 0.554. The summed E-state index contributed by atoms with van der Waals surface area (Å²) in [5.41, 5.74) is 7.20. The second-order valence-electron chi connectivity index (χ2n) is 11.2. The molecule has 0 radical (unpaired) electrons. The molecule has 37 heavy (non-hydrogen) atoms. The fourth-order valence-electron chi connectivity index (χ4n) is 5.03. The maximum Gasteiger partial charge on any atom is 0.224 e. The van der Waals surface area contributed by atoms with Gasteiger partial charge >= 0.3 is 0 Å². The molecule has 198 valence electrons. The highest BCUT2D eigenvalue weighted by atomic mass is 16.3. The van der Waals surface area contributed by atoms with Crippen molar-refractivity contribution in [2.75, 3.05) is 13.1 Å².